The number of ether oxygens (including phenoxy) is 2. The molecule has 0 aromatic heterocycles. The van der Waals surface area contributed by atoms with Crippen LogP contribution in [0.3, 0.4) is 0 Å². The Morgan fingerprint density at radius 2 is 1.95 bits per heavy atom. The van der Waals surface area contributed by atoms with Crippen LogP contribution >= 0.6 is 0 Å². The van der Waals surface area contributed by atoms with Gasteiger partial charge in [0.15, 0.2) is 0 Å². The summed E-state index contributed by atoms with van der Waals surface area (Å²) in [6.45, 7) is 3.22. The van der Waals surface area contributed by atoms with Crippen LogP contribution in [0, 0.1) is 0 Å². The molecule has 1 heterocycles. The summed E-state index contributed by atoms with van der Waals surface area (Å²) in [5.74, 6) is -0.110. The van der Waals surface area contributed by atoms with Crippen LogP contribution in [0.5, 0.6) is 0 Å². The second-order valence-corrected chi connectivity index (χ2v) is 5.43. The van der Waals surface area contributed by atoms with Crippen molar-refractivity contribution in [3.05, 3.63) is 35.4 Å². The van der Waals surface area contributed by atoms with Gasteiger partial charge in [0.05, 0.1) is 12.7 Å². The van der Waals surface area contributed by atoms with Crippen molar-refractivity contribution < 1.29 is 14.3 Å². The second-order valence-electron chi connectivity index (χ2n) is 5.43. The van der Waals surface area contributed by atoms with Crippen LogP contribution in [0.25, 0.3) is 0 Å². The van der Waals surface area contributed by atoms with Gasteiger partial charge in [-0.2, -0.15) is 0 Å². The third-order valence-corrected chi connectivity index (χ3v) is 3.68. The van der Waals surface area contributed by atoms with Gasteiger partial charge in [-0.25, -0.2) is 0 Å². The topological polar surface area (TPSA) is 35.5 Å². The van der Waals surface area contributed by atoms with Crippen LogP contribution in [0.2, 0.25) is 0 Å². The molecular formula is C17H24O3. The summed E-state index contributed by atoms with van der Waals surface area (Å²) in [5, 5.41) is 0. The van der Waals surface area contributed by atoms with E-state index in [9.17, 15) is 4.79 Å². The van der Waals surface area contributed by atoms with E-state index in [0.29, 0.717) is 19.6 Å². The Balaban J connectivity index is 1.72. The second kappa shape index (κ2) is 8.05. The molecule has 1 saturated heterocycles. The molecule has 2 rings (SSSR count). The van der Waals surface area contributed by atoms with Crippen molar-refractivity contribution in [1.29, 1.82) is 0 Å². The van der Waals surface area contributed by atoms with Gasteiger partial charge in [-0.1, -0.05) is 44.0 Å². The number of carbonyl (C=O) groups excluding carboxylic acids is 1. The van der Waals surface area contributed by atoms with Gasteiger partial charge in [0.1, 0.15) is 6.61 Å². The normalized spacial score (nSPS) is 18.9. The Morgan fingerprint density at radius 1 is 1.20 bits per heavy atom. The first-order valence-corrected chi connectivity index (χ1v) is 7.63. The highest BCUT2D eigenvalue weighted by atomic mass is 16.6. The van der Waals surface area contributed by atoms with Crippen LogP contribution in [-0.4, -0.2) is 18.7 Å². The van der Waals surface area contributed by atoms with Crippen molar-refractivity contribution >= 4 is 5.97 Å². The van der Waals surface area contributed by atoms with Gasteiger partial charge in [0, 0.05) is 6.42 Å². The molecule has 3 nitrogen and oxygen atoms in total. The van der Waals surface area contributed by atoms with Crippen LogP contribution < -0.4 is 0 Å². The molecule has 0 spiro atoms. The van der Waals surface area contributed by atoms with Crippen LogP contribution in [0.4, 0.5) is 0 Å². The fraction of sp³-hybridized carbons (Fsp3) is 0.588. The molecule has 1 atom stereocenters. The number of hydrogen-bond acceptors (Lipinski definition) is 3. The molecule has 110 valence electrons. The first-order valence-electron chi connectivity index (χ1n) is 7.63. The smallest absolute Gasteiger partial charge is 0.305 e. The van der Waals surface area contributed by atoms with Crippen LogP contribution in [0.15, 0.2) is 24.3 Å². The number of benzene rings is 1. The molecule has 0 bridgehead atoms. The monoisotopic (exact) mass is 276 g/mol. The van der Waals surface area contributed by atoms with E-state index in [4.69, 9.17) is 9.47 Å². The first kappa shape index (κ1) is 15.0. The van der Waals surface area contributed by atoms with E-state index in [1.165, 1.54) is 30.4 Å². The zero-order valence-corrected chi connectivity index (χ0v) is 12.3. The molecule has 20 heavy (non-hydrogen) atoms. The van der Waals surface area contributed by atoms with E-state index in [2.05, 4.69) is 31.2 Å². The molecule has 0 radical (unpaired) electrons. The molecule has 0 aliphatic carbocycles. The summed E-state index contributed by atoms with van der Waals surface area (Å²) in [5.41, 5.74) is 2.58. The summed E-state index contributed by atoms with van der Waals surface area (Å²) < 4.78 is 10.8. The number of carbonyl (C=O) groups is 1. The zero-order valence-electron chi connectivity index (χ0n) is 12.3. The van der Waals surface area contributed by atoms with E-state index in [-0.39, 0.29) is 12.1 Å². The lowest BCUT2D eigenvalue weighted by Crippen LogP contribution is -2.28. The van der Waals surface area contributed by atoms with Gasteiger partial charge >= 0.3 is 5.97 Å². The molecule has 1 aliphatic rings. The van der Waals surface area contributed by atoms with Gasteiger partial charge in [-0.05, 0) is 30.4 Å². The van der Waals surface area contributed by atoms with E-state index in [1.54, 1.807) is 0 Å². The maximum atomic E-state index is 11.0. The van der Waals surface area contributed by atoms with Gasteiger partial charge in [-0.15, -0.1) is 0 Å². The molecule has 1 unspecified atom stereocenters. The van der Waals surface area contributed by atoms with Crippen molar-refractivity contribution in [1.82, 2.24) is 0 Å². The van der Waals surface area contributed by atoms with Crippen molar-refractivity contribution in [3.63, 3.8) is 0 Å². The van der Waals surface area contributed by atoms with Crippen molar-refractivity contribution in [3.8, 4) is 0 Å². The van der Waals surface area contributed by atoms with Crippen LogP contribution in [0.1, 0.15) is 50.2 Å². The summed E-state index contributed by atoms with van der Waals surface area (Å²) in [7, 11) is 0. The Hall–Kier alpha value is -1.35. The minimum Gasteiger partial charge on any atom is -0.463 e. The van der Waals surface area contributed by atoms with Crippen molar-refractivity contribution in [2.24, 2.45) is 0 Å². The fourth-order valence-electron chi connectivity index (χ4n) is 2.35. The zero-order chi connectivity index (χ0) is 14.2. The van der Waals surface area contributed by atoms with Gasteiger partial charge in [0.2, 0.25) is 0 Å². The summed E-state index contributed by atoms with van der Waals surface area (Å²) in [4.78, 5) is 11.0. The molecule has 1 aromatic rings. The lowest BCUT2D eigenvalue weighted by atomic mass is 10.1. The minimum atomic E-state index is -0.110. The number of unbranched alkanes of at least 4 members (excludes halogenated alkanes) is 2. The quantitative estimate of drug-likeness (QED) is 0.563. The van der Waals surface area contributed by atoms with Gasteiger partial charge < -0.3 is 9.47 Å². The Bertz CT molecular complexity index is 401. The minimum absolute atomic E-state index is 0.0527. The Labute approximate surface area is 121 Å². The molecule has 1 aromatic carbocycles. The lowest BCUT2D eigenvalue weighted by molar-refractivity contribution is -0.155. The lowest BCUT2D eigenvalue weighted by Gasteiger charge is -2.21. The predicted octanol–water partition coefficient (Wildman–Crippen LogP) is 3.64. The Kier molecular flexibility index (Phi) is 6.06. The number of rotatable bonds is 7. The van der Waals surface area contributed by atoms with Crippen molar-refractivity contribution in [2.75, 3.05) is 6.61 Å². The highest BCUT2D eigenvalue weighted by molar-refractivity contribution is 5.70. The fourth-order valence-corrected chi connectivity index (χ4v) is 2.35. The molecule has 3 heteroatoms. The number of esters is 1. The van der Waals surface area contributed by atoms with Gasteiger partial charge in [0.25, 0.3) is 0 Å². The SMILES string of the molecule is CCCCCc1ccc(COC2CCC(=O)OC2)cc1. The van der Waals surface area contributed by atoms with Crippen molar-refractivity contribution in [2.45, 2.75) is 58.2 Å². The molecule has 1 fully saturated rings. The predicted molar refractivity (Wildman–Crippen MR) is 78.4 cm³/mol. The molecule has 0 amide bonds. The molecule has 0 saturated carbocycles. The van der Waals surface area contributed by atoms with Crippen LogP contribution in [-0.2, 0) is 27.3 Å². The first-order chi connectivity index (χ1) is 9.78. The standard InChI is InChI=1S/C17H24O3/c1-2-3-4-5-14-6-8-15(9-7-14)12-19-16-10-11-17(18)20-13-16/h6-9,16H,2-5,10-13H2,1H3. The third kappa shape index (κ3) is 4.97. The van der Waals surface area contributed by atoms with E-state index in [0.717, 1.165) is 12.8 Å². The highest BCUT2D eigenvalue weighted by Gasteiger charge is 2.20. The van der Waals surface area contributed by atoms with Gasteiger partial charge in [-0.3, -0.25) is 4.79 Å². The highest BCUT2D eigenvalue weighted by Crippen LogP contribution is 2.14. The summed E-state index contributed by atoms with van der Waals surface area (Å²) in [6, 6.07) is 8.65. The number of hydrogen-bond donors (Lipinski definition) is 0. The number of aryl methyl sites for hydroxylation is 1. The summed E-state index contributed by atoms with van der Waals surface area (Å²) in [6.07, 6.45) is 6.28. The third-order valence-electron chi connectivity index (χ3n) is 3.68. The average Bonchev–Trinajstić information content (AvgIpc) is 2.48. The Morgan fingerprint density at radius 3 is 2.60 bits per heavy atom. The maximum Gasteiger partial charge on any atom is 0.305 e. The average molecular weight is 276 g/mol. The molecular weight excluding hydrogens is 252 g/mol. The van der Waals surface area contributed by atoms with E-state index in [1.807, 2.05) is 0 Å². The van der Waals surface area contributed by atoms with E-state index >= 15 is 0 Å². The molecule has 1 aliphatic heterocycles. The molecule has 0 N–H and O–H groups in total. The summed E-state index contributed by atoms with van der Waals surface area (Å²) >= 11 is 0. The largest absolute Gasteiger partial charge is 0.463 e. The maximum absolute atomic E-state index is 11.0. The van der Waals surface area contributed by atoms with E-state index < -0.39 is 0 Å². The number of cyclic esters (lactones) is 1.